The van der Waals surface area contributed by atoms with Gasteiger partial charge in [-0.3, -0.25) is 4.79 Å². The Morgan fingerprint density at radius 3 is 2.90 bits per heavy atom. The van der Waals surface area contributed by atoms with Crippen molar-refractivity contribution in [1.82, 2.24) is 25.6 Å². The SMILES string of the molecule is CC(NC(=O)c1cn(C2CNC2)nn1)C1CC2CCC1C2. The lowest BCUT2D eigenvalue weighted by Gasteiger charge is -2.28. The van der Waals surface area contributed by atoms with Crippen LogP contribution in [0, 0.1) is 17.8 Å². The van der Waals surface area contributed by atoms with Crippen LogP contribution in [-0.4, -0.2) is 40.0 Å². The maximum atomic E-state index is 12.3. The van der Waals surface area contributed by atoms with Crippen molar-refractivity contribution >= 4 is 5.91 Å². The van der Waals surface area contributed by atoms with Crippen LogP contribution in [0.5, 0.6) is 0 Å². The maximum Gasteiger partial charge on any atom is 0.273 e. The van der Waals surface area contributed by atoms with Crippen molar-refractivity contribution in [1.29, 1.82) is 0 Å². The number of aromatic nitrogens is 3. The van der Waals surface area contributed by atoms with Gasteiger partial charge in [0.25, 0.3) is 5.91 Å². The number of nitrogens with one attached hydrogen (secondary N) is 2. The van der Waals surface area contributed by atoms with E-state index in [4.69, 9.17) is 0 Å². The van der Waals surface area contributed by atoms with E-state index in [0.717, 1.165) is 24.9 Å². The van der Waals surface area contributed by atoms with Crippen LogP contribution in [0.2, 0.25) is 0 Å². The van der Waals surface area contributed by atoms with Gasteiger partial charge in [-0.15, -0.1) is 5.10 Å². The largest absolute Gasteiger partial charge is 0.348 e. The summed E-state index contributed by atoms with van der Waals surface area (Å²) in [6.07, 6.45) is 7.17. The molecule has 2 aliphatic carbocycles. The Kier molecular flexibility index (Phi) is 3.21. The Balaban J connectivity index is 1.37. The molecule has 6 heteroatoms. The summed E-state index contributed by atoms with van der Waals surface area (Å²) in [6, 6.07) is 0.588. The van der Waals surface area contributed by atoms with Crippen LogP contribution in [0.3, 0.4) is 0 Å². The molecule has 2 N–H and O–H groups in total. The summed E-state index contributed by atoms with van der Waals surface area (Å²) in [5.74, 6) is 2.30. The zero-order chi connectivity index (χ0) is 14.4. The summed E-state index contributed by atoms with van der Waals surface area (Å²) in [5.41, 5.74) is 0.442. The quantitative estimate of drug-likeness (QED) is 0.866. The summed E-state index contributed by atoms with van der Waals surface area (Å²) in [5, 5.41) is 14.4. The first-order valence-corrected chi connectivity index (χ1v) is 8.14. The highest BCUT2D eigenvalue weighted by atomic mass is 16.2. The van der Waals surface area contributed by atoms with Crippen LogP contribution in [0.25, 0.3) is 0 Å². The molecule has 1 aromatic rings. The number of hydrogen-bond donors (Lipinski definition) is 2. The number of carbonyl (C=O) groups excluding carboxylic acids is 1. The molecule has 114 valence electrons. The molecule has 3 fully saturated rings. The topological polar surface area (TPSA) is 71.8 Å². The van der Waals surface area contributed by atoms with Crippen molar-refractivity contribution in [2.24, 2.45) is 17.8 Å². The van der Waals surface area contributed by atoms with Gasteiger partial charge in [0.1, 0.15) is 0 Å². The molecule has 2 heterocycles. The van der Waals surface area contributed by atoms with Gasteiger partial charge in [0.2, 0.25) is 0 Å². The van der Waals surface area contributed by atoms with Gasteiger partial charge in [-0.1, -0.05) is 11.6 Å². The average molecular weight is 289 g/mol. The highest BCUT2D eigenvalue weighted by Gasteiger charge is 2.42. The van der Waals surface area contributed by atoms with E-state index in [-0.39, 0.29) is 11.9 Å². The maximum absolute atomic E-state index is 12.3. The third-order valence-electron chi connectivity index (χ3n) is 5.67. The molecule has 4 atom stereocenters. The van der Waals surface area contributed by atoms with Gasteiger partial charge in [-0.05, 0) is 43.9 Å². The fraction of sp³-hybridized carbons (Fsp3) is 0.800. The molecule has 0 spiro atoms. The van der Waals surface area contributed by atoms with Crippen LogP contribution >= 0.6 is 0 Å². The van der Waals surface area contributed by atoms with Crippen LogP contribution < -0.4 is 10.6 Å². The number of fused-ring (bicyclic) bond motifs is 2. The summed E-state index contributed by atoms with van der Waals surface area (Å²) in [4.78, 5) is 12.3. The predicted molar refractivity (Wildman–Crippen MR) is 77.8 cm³/mol. The molecule has 0 aromatic carbocycles. The van der Waals surface area contributed by atoms with E-state index >= 15 is 0 Å². The van der Waals surface area contributed by atoms with Gasteiger partial charge < -0.3 is 10.6 Å². The number of amides is 1. The van der Waals surface area contributed by atoms with E-state index in [1.54, 1.807) is 10.9 Å². The van der Waals surface area contributed by atoms with Gasteiger partial charge in [0.15, 0.2) is 5.69 Å². The second-order valence-corrected chi connectivity index (χ2v) is 7.00. The molecule has 2 bridgehead atoms. The lowest BCUT2D eigenvalue weighted by Crippen LogP contribution is -2.43. The molecule has 1 aliphatic heterocycles. The van der Waals surface area contributed by atoms with Crippen molar-refractivity contribution in [3.8, 4) is 0 Å². The molecule has 21 heavy (non-hydrogen) atoms. The fourth-order valence-corrected chi connectivity index (χ4v) is 4.31. The molecule has 1 saturated heterocycles. The molecular formula is C15H23N5O. The molecule has 1 amide bonds. The monoisotopic (exact) mass is 289 g/mol. The van der Waals surface area contributed by atoms with E-state index < -0.39 is 0 Å². The Morgan fingerprint density at radius 2 is 2.29 bits per heavy atom. The van der Waals surface area contributed by atoms with E-state index in [1.807, 2.05) is 0 Å². The molecule has 4 rings (SSSR count). The number of nitrogens with zero attached hydrogens (tertiary/aromatic N) is 3. The fourth-order valence-electron chi connectivity index (χ4n) is 4.31. The molecule has 4 unspecified atom stereocenters. The van der Waals surface area contributed by atoms with Crippen LogP contribution in [0.4, 0.5) is 0 Å². The van der Waals surface area contributed by atoms with Crippen molar-refractivity contribution in [3.05, 3.63) is 11.9 Å². The Hall–Kier alpha value is -1.43. The summed E-state index contributed by atoms with van der Waals surface area (Å²) >= 11 is 0. The Labute approximate surface area is 124 Å². The Morgan fingerprint density at radius 1 is 1.43 bits per heavy atom. The predicted octanol–water partition coefficient (Wildman–Crippen LogP) is 0.977. The van der Waals surface area contributed by atoms with E-state index in [9.17, 15) is 4.79 Å². The first-order chi connectivity index (χ1) is 10.2. The highest BCUT2D eigenvalue weighted by Crippen LogP contribution is 2.49. The van der Waals surface area contributed by atoms with Crippen LogP contribution in [-0.2, 0) is 0 Å². The summed E-state index contributed by atoms with van der Waals surface area (Å²) in [6.45, 7) is 3.96. The van der Waals surface area contributed by atoms with Gasteiger partial charge in [-0.2, -0.15) is 0 Å². The lowest BCUT2D eigenvalue weighted by atomic mass is 9.84. The zero-order valence-electron chi connectivity index (χ0n) is 12.5. The minimum absolute atomic E-state index is 0.0798. The van der Waals surface area contributed by atoms with Crippen molar-refractivity contribution < 1.29 is 4.79 Å². The van der Waals surface area contributed by atoms with E-state index in [0.29, 0.717) is 17.7 Å². The minimum Gasteiger partial charge on any atom is -0.348 e. The van der Waals surface area contributed by atoms with Crippen LogP contribution in [0.15, 0.2) is 6.20 Å². The van der Waals surface area contributed by atoms with E-state index in [1.165, 1.54) is 25.7 Å². The van der Waals surface area contributed by atoms with Crippen LogP contribution in [0.1, 0.15) is 49.1 Å². The molecular weight excluding hydrogens is 266 g/mol. The first kappa shape index (κ1) is 13.2. The first-order valence-electron chi connectivity index (χ1n) is 8.14. The van der Waals surface area contributed by atoms with Gasteiger partial charge in [0.05, 0.1) is 12.2 Å². The number of rotatable bonds is 4. The third kappa shape index (κ3) is 2.35. The standard InChI is InChI=1S/C15H23N5O/c1-9(13-5-10-2-3-11(13)4-10)17-15(21)14-8-20(19-18-14)12-6-16-7-12/h8-13,16H,2-7H2,1H3,(H,17,21). The van der Waals surface area contributed by atoms with E-state index in [2.05, 4.69) is 27.9 Å². The molecule has 0 radical (unpaired) electrons. The average Bonchev–Trinajstić information content (AvgIpc) is 3.12. The third-order valence-corrected chi connectivity index (χ3v) is 5.67. The summed E-state index contributed by atoms with van der Waals surface area (Å²) < 4.78 is 1.80. The highest BCUT2D eigenvalue weighted by molar-refractivity contribution is 5.92. The van der Waals surface area contributed by atoms with Crippen molar-refractivity contribution in [2.45, 2.75) is 44.7 Å². The van der Waals surface area contributed by atoms with Crippen molar-refractivity contribution in [3.63, 3.8) is 0 Å². The second-order valence-electron chi connectivity index (χ2n) is 7.00. The van der Waals surface area contributed by atoms with Gasteiger partial charge in [0, 0.05) is 19.1 Å². The number of carbonyl (C=O) groups is 1. The Bertz CT molecular complexity index is 538. The molecule has 1 aromatic heterocycles. The molecule has 3 aliphatic rings. The minimum atomic E-state index is -0.0798. The number of hydrogen-bond acceptors (Lipinski definition) is 4. The van der Waals surface area contributed by atoms with Gasteiger partial charge in [-0.25, -0.2) is 4.68 Å². The lowest BCUT2D eigenvalue weighted by molar-refractivity contribution is 0.0910. The van der Waals surface area contributed by atoms with Gasteiger partial charge >= 0.3 is 0 Å². The molecule has 6 nitrogen and oxygen atoms in total. The zero-order valence-corrected chi connectivity index (χ0v) is 12.5. The second kappa shape index (κ2) is 5.09. The summed E-state index contributed by atoms with van der Waals surface area (Å²) in [7, 11) is 0. The molecule has 2 saturated carbocycles. The smallest absolute Gasteiger partial charge is 0.273 e. The normalized spacial score (nSPS) is 32.9. The van der Waals surface area contributed by atoms with Crippen molar-refractivity contribution in [2.75, 3.05) is 13.1 Å².